The number of nitrogens with zero attached hydrogens (tertiary/aromatic N) is 5. The van der Waals surface area contributed by atoms with Crippen molar-refractivity contribution in [2.45, 2.75) is 38.3 Å². The Hall–Kier alpha value is -2.84. The molecule has 0 bridgehead atoms. The fourth-order valence-corrected chi connectivity index (χ4v) is 3.02. The van der Waals surface area contributed by atoms with Gasteiger partial charge in [0, 0.05) is 6.54 Å². The Bertz CT molecular complexity index is 887. The number of halogens is 1. The summed E-state index contributed by atoms with van der Waals surface area (Å²) in [6, 6.07) is 4.34. The first-order chi connectivity index (χ1) is 11.7. The number of hydrogen-bond acceptors (Lipinski definition) is 5. The molecule has 2 aromatic heterocycles. The average Bonchev–Trinajstić information content (AvgIpc) is 3.14. The van der Waals surface area contributed by atoms with Crippen LogP contribution in [0.25, 0.3) is 11.0 Å². The quantitative estimate of drug-likeness (QED) is 0.753. The van der Waals surface area contributed by atoms with Crippen LogP contribution in [0.3, 0.4) is 0 Å². The molecule has 1 unspecified atom stereocenters. The Morgan fingerprint density at radius 3 is 3.25 bits per heavy atom. The van der Waals surface area contributed by atoms with E-state index >= 15 is 0 Å². The number of amides is 1. The standard InChI is InChI=1S/C15H16FN7O/c16-9-4-5-11-12(7-9)19-13(18-11)8-17-15(24)10-3-1-2-6-23-14(10)20-21-22-23/h4-5,7,10H,1-3,6,8H2,(H,17,24)(H,18,19). The Kier molecular flexibility index (Phi) is 3.68. The molecule has 24 heavy (non-hydrogen) atoms. The number of carbonyl (C=O) groups is 1. The van der Waals surface area contributed by atoms with Gasteiger partial charge in [-0.05, 0) is 41.5 Å². The van der Waals surface area contributed by atoms with Gasteiger partial charge in [0.2, 0.25) is 5.91 Å². The van der Waals surface area contributed by atoms with Crippen molar-refractivity contribution in [3.63, 3.8) is 0 Å². The number of benzene rings is 1. The van der Waals surface area contributed by atoms with Crippen LogP contribution in [0.2, 0.25) is 0 Å². The third kappa shape index (κ3) is 2.72. The molecule has 8 nitrogen and oxygen atoms in total. The van der Waals surface area contributed by atoms with Crippen molar-refractivity contribution in [3.05, 3.63) is 35.7 Å². The van der Waals surface area contributed by atoms with Crippen molar-refractivity contribution in [3.8, 4) is 0 Å². The number of imidazole rings is 1. The van der Waals surface area contributed by atoms with Gasteiger partial charge in [0.25, 0.3) is 0 Å². The van der Waals surface area contributed by atoms with E-state index in [2.05, 4.69) is 30.8 Å². The van der Waals surface area contributed by atoms with Crippen LogP contribution in [0.1, 0.15) is 36.8 Å². The second-order valence-electron chi connectivity index (χ2n) is 5.87. The predicted octanol–water partition coefficient (Wildman–Crippen LogP) is 1.27. The average molecular weight is 329 g/mol. The summed E-state index contributed by atoms with van der Waals surface area (Å²) in [6.45, 7) is 0.981. The maximum atomic E-state index is 13.2. The molecule has 0 saturated carbocycles. The van der Waals surface area contributed by atoms with E-state index in [4.69, 9.17) is 0 Å². The van der Waals surface area contributed by atoms with E-state index in [0.717, 1.165) is 25.8 Å². The van der Waals surface area contributed by atoms with Gasteiger partial charge in [-0.25, -0.2) is 14.1 Å². The van der Waals surface area contributed by atoms with E-state index in [1.807, 2.05) is 0 Å². The Morgan fingerprint density at radius 1 is 1.42 bits per heavy atom. The maximum absolute atomic E-state index is 13.2. The fourth-order valence-electron chi connectivity index (χ4n) is 3.02. The van der Waals surface area contributed by atoms with Crippen LogP contribution in [0.5, 0.6) is 0 Å². The molecule has 124 valence electrons. The number of H-pyrrole nitrogens is 1. The molecule has 2 N–H and O–H groups in total. The second-order valence-corrected chi connectivity index (χ2v) is 5.87. The van der Waals surface area contributed by atoms with E-state index in [0.29, 0.717) is 22.7 Å². The Balaban J connectivity index is 1.48. The number of aryl methyl sites for hydroxylation is 1. The van der Waals surface area contributed by atoms with Gasteiger partial charge in [-0.2, -0.15) is 0 Å². The highest BCUT2D eigenvalue weighted by atomic mass is 19.1. The van der Waals surface area contributed by atoms with Crippen molar-refractivity contribution in [1.29, 1.82) is 0 Å². The van der Waals surface area contributed by atoms with Gasteiger partial charge < -0.3 is 10.3 Å². The summed E-state index contributed by atoms with van der Waals surface area (Å²) >= 11 is 0. The zero-order chi connectivity index (χ0) is 16.5. The van der Waals surface area contributed by atoms with Gasteiger partial charge in [0.15, 0.2) is 5.82 Å². The highest BCUT2D eigenvalue weighted by Gasteiger charge is 2.28. The maximum Gasteiger partial charge on any atom is 0.231 e. The molecule has 1 atom stereocenters. The van der Waals surface area contributed by atoms with Crippen LogP contribution in [0.4, 0.5) is 4.39 Å². The van der Waals surface area contributed by atoms with Crippen molar-refractivity contribution in [2.24, 2.45) is 0 Å². The summed E-state index contributed by atoms with van der Waals surface area (Å²) in [5.41, 5.74) is 1.27. The van der Waals surface area contributed by atoms with E-state index in [1.165, 1.54) is 12.1 Å². The molecule has 1 aliphatic heterocycles. The fraction of sp³-hybridized carbons (Fsp3) is 0.400. The zero-order valence-corrected chi connectivity index (χ0v) is 12.9. The van der Waals surface area contributed by atoms with Crippen LogP contribution in [-0.2, 0) is 17.9 Å². The normalized spacial score (nSPS) is 17.5. The van der Waals surface area contributed by atoms with Crippen LogP contribution in [0.15, 0.2) is 18.2 Å². The number of nitrogens with one attached hydrogen (secondary N) is 2. The van der Waals surface area contributed by atoms with E-state index in [1.54, 1.807) is 10.7 Å². The number of aromatic amines is 1. The van der Waals surface area contributed by atoms with E-state index < -0.39 is 0 Å². The number of tetrazole rings is 1. The van der Waals surface area contributed by atoms with Gasteiger partial charge in [-0.3, -0.25) is 4.79 Å². The lowest BCUT2D eigenvalue weighted by atomic mass is 10.0. The van der Waals surface area contributed by atoms with Crippen LogP contribution >= 0.6 is 0 Å². The minimum absolute atomic E-state index is 0.125. The molecule has 1 aliphatic rings. The molecule has 3 heterocycles. The lowest BCUT2D eigenvalue weighted by Gasteiger charge is -2.12. The van der Waals surface area contributed by atoms with Gasteiger partial charge in [-0.15, -0.1) is 5.10 Å². The number of aromatic nitrogens is 6. The summed E-state index contributed by atoms with van der Waals surface area (Å²) in [5, 5.41) is 14.5. The molecular formula is C15H16FN7O. The lowest BCUT2D eigenvalue weighted by molar-refractivity contribution is -0.123. The van der Waals surface area contributed by atoms with Crippen LogP contribution in [-0.4, -0.2) is 36.1 Å². The zero-order valence-electron chi connectivity index (χ0n) is 12.9. The lowest BCUT2D eigenvalue weighted by Crippen LogP contribution is -2.30. The predicted molar refractivity (Wildman–Crippen MR) is 82.3 cm³/mol. The monoisotopic (exact) mass is 329 g/mol. The summed E-state index contributed by atoms with van der Waals surface area (Å²) in [7, 11) is 0. The molecular weight excluding hydrogens is 313 g/mol. The Morgan fingerprint density at radius 2 is 2.33 bits per heavy atom. The first-order valence-electron chi connectivity index (χ1n) is 7.88. The van der Waals surface area contributed by atoms with Crippen molar-refractivity contribution in [1.82, 2.24) is 35.5 Å². The molecule has 0 saturated heterocycles. The van der Waals surface area contributed by atoms with Crippen molar-refractivity contribution < 1.29 is 9.18 Å². The van der Waals surface area contributed by atoms with Gasteiger partial charge in [0.1, 0.15) is 11.6 Å². The minimum atomic E-state index is -0.357. The molecule has 3 aromatic rings. The number of carbonyl (C=O) groups excluding carboxylic acids is 1. The third-order valence-electron chi connectivity index (χ3n) is 4.22. The number of fused-ring (bicyclic) bond motifs is 2. The summed E-state index contributed by atoms with van der Waals surface area (Å²) in [4.78, 5) is 19.9. The van der Waals surface area contributed by atoms with E-state index in [-0.39, 0.29) is 24.2 Å². The van der Waals surface area contributed by atoms with Crippen LogP contribution in [0, 0.1) is 5.82 Å². The first-order valence-corrected chi connectivity index (χ1v) is 7.88. The smallest absolute Gasteiger partial charge is 0.231 e. The molecule has 4 rings (SSSR count). The summed E-state index contributed by atoms with van der Waals surface area (Å²) in [6.07, 6.45) is 2.61. The molecule has 0 aliphatic carbocycles. The molecule has 1 aromatic carbocycles. The van der Waals surface area contributed by atoms with Crippen molar-refractivity contribution >= 4 is 16.9 Å². The minimum Gasteiger partial charge on any atom is -0.348 e. The highest BCUT2D eigenvalue weighted by molar-refractivity contribution is 5.82. The van der Waals surface area contributed by atoms with Crippen LogP contribution < -0.4 is 5.32 Å². The molecule has 0 radical (unpaired) electrons. The topological polar surface area (TPSA) is 101 Å². The van der Waals surface area contributed by atoms with Gasteiger partial charge >= 0.3 is 0 Å². The molecule has 9 heteroatoms. The second kappa shape index (κ2) is 5.99. The Labute approximate surface area is 136 Å². The summed E-state index contributed by atoms with van der Waals surface area (Å²) in [5.74, 6) is 0.379. The van der Waals surface area contributed by atoms with Gasteiger partial charge in [0.05, 0.1) is 23.5 Å². The van der Waals surface area contributed by atoms with E-state index in [9.17, 15) is 9.18 Å². The largest absolute Gasteiger partial charge is 0.348 e. The third-order valence-corrected chi connectivity index (χ3v) is 4.22. The summed E-state index contributed by atoms with van der Waals surface area (Å²) < 4.78 is 14.9. The SMILES string of the molecule is O=C(NCc1nc2ccc(F)cc2[nH]1)C1CCCCn2nnnc21. The van der Waals surface area contributed by atoms with Gasteiger partial charge in [-0.1, -0.05) is 6.42 Å². The number of hydrogen-bond donors (Lipinski definition) is 2. The van der Waals surface area contributed by atoms with Crippen molar-refractivity contribution in [2.75, 3.05) is 0 Å². The first kappa shape index (κ1) is 14.7. The molecule has 0 fully saturated rings. The number of rotatable bonds is 3. The molecule has 0 spiro atoms. The molecule has 1 amide bonds. The highest BCUT2D eigenvalue weighted by Crippen LogP contribution is 2.24.